The Bertz CT molecular complexity index is 642. The number of hydrogen-bond donors (Lipinski definition) is 1. The normalized spacial score (nSPS) is 11.0. The van der Waals surface area contributed by atoms with Crippen molar-refractivity contribution in [3.63, 3.8) is 0 Å². The van der Waals surface area contributed by atoms with E-state index in [4.69, 9.17) is 17.0 Å². The molecule has 126 valence electrons. The van der Waals surface area contributed by atoms with Gasteiger partial charge in [-0.05, 0) is 33.1 Å². The van der Waals surface area contributed by atoms with E-state index in [0.717, 1.165) is 12.1 Å². The third-order valence-electron chi connectivity index (χ3n) is 2.51. The topological polar surface area (TPSA) is 55.4 Å². The highest BCUT2D eigenvalue weighted by molar-refractivity contribution is 8.22. The number of benzene rings is 1. The molecule has 1 N–H and O–H groups in total. The second-order valence-electron chi connectivity index (χ2n) is 5.61. The Balaban J connectivity index is 3.05. The molecule has 0 aliphatic rings. The molecule has 0 heterocycles. The number of hydrogen-bond acceptors (Lipinski definition) is 5. The van der Waals surface area contributed by atoms with Crippen LogP contribution in [0.25, 0.3) is 0 Å². The van der Waals surface area contributed by atoms with Crippen LogP contribution in [0.1, 0.15) is 37.6 Å². The maximum atomic E-state index is 13.4. The molecule has 0 saturated heterocycles. The van der Waals surface area contributed by atoms with E-state index >= 15 is 0 Å². The number of Topliss-reactive ketones (excluding diaryl/α,β-unsaturated/α-hetero) is 1. The largest absolute Gasteiger partial charge is 0.460 e. The summed E-state index contributed by atoms with van der Waals surface area (Å²) in [6, 6.07) is 1.58. The zero-order chi connectivity index (χ0) is 17.8. The van der Waals surface area contributed by atoms with Crippen LogP contribution in [-0.2, 0) is 9.53 Å². The van der Waals surface area contributed by atoms with E-state index in [-0.39, 0.29) is 15.6 Å². The number of ether oxygens (including phenoxy) is 1. The molecule has 0 atom stereocenters. The van der Waals surface area contributed by atoms with E-state index in [1.807, 2.05) is 0 Å². The van der Waals surface area contributed by atoms with Crippen molar-refractivity contribution < 1.29 is 23.1 Å². The van der Waals surface area contributed by atoms with Gasteiger partial charge in [0.1, 0.15) is 16.3 Å². The quantitative estimate of drug-likeness (QED) is 0.379. The van der Waals surface area contributed by atoms with Gasteiger partial charge >= 0.3 is 5.97 Å². The van der Waals surface area contributed by atoms with Crippen molar-refractivity contribution in [1.29, 1.82) is 0 Å². The van der Waals surface area contributed by atoms with Crippen molar-refractivity contribution in [3.8, 4) is 0 Å². The first-order valence-electron chi connectivity index (χ1n) is 6.62. The van der Waals surface area contributed by atoms with E-state index in [1.54, 1.807) is 27.0 Å². The van der Waals surface area contributed by atoms with Gasteiger partial charge < -0.3 is 10.1 Å². The van der Waals surface area contributed by atoms with Gasteiger partial charge in [0.15, 0.2) is 17.4 Å². The van der Waals surface area contributed by atoms with Gasteiger partial charge in [0, 0.05) is 11.6 Å². The molecule has 1 aromatic carbocycles. The number of rotatable bonds is 4. The molecule has 1 aromatic rings. The smallest absolute Gasteiger partial charge is 0.314 e. The minimum atomic E-state index is -1.18. The maximum absolute atomic E-state index is 13.4. The molecule has 0 aliphatic carbocycles. The van der Waals surface area contributed by atoms with E-state index in [2.05, 4.69) is 5.32 Å². The molecule has 0 unspecified atom stereocenters. The number of esters is 1. The Morgan fingerprint density at radius 2 is 1.83 bits per heavy atom. The summed E-state index contributed by atoms with van der Waals surface area (Å²) in [6.07, 6.45) is 1.11. The molecule has 1 rings (SSSR count). The summed E-state index contributed by atoms with van der Waals surface area (Å²) in [5.41, 5.74) is -0.893. The fraction of sp³-hybridized carbons (Fsp3) is 0.400. The van der Waals surface area contributed by atoms with Crippen molar-refractivity contribution >= 4 is 45.7 Å². The molecule has 0 aromatic heterocycles. The number of halogens is 2. The van der Waals surface area contributed by atoms with Crippen LogP contribution in [-0.4, -0.2) is 27.9 Å². The fourth-order valence-corrected chi connectivity index (χ4v) is 1.97. The third-order valence-corrected chi connectivity index (χ3v) is 3.58. The first kappa shape index (κ1) is 19.5. The van der Waals surface area contributed by atoms with Crippen LogP contribution in [0, 0.1) is 11.6 Å². The molecule has 0 amide bonds. The zero-order valence-electron chi connectivity index (χ0n) is 13.2. The van der Waals surface area contributed by atoms with E-state index in [0.29, 0.717) is 0 Å². The minimum Gasteiger partial charge on any atom is -0.460 e. The number of ketones is 1. The van der Waals surface area contributed by atoms with Crippen LogP contribution in [0.4, 0.5) is 14.5 Å². The Labute approximate surface area is 143 Å². The van der Waals surface area contributed by atoms with Crippen LogP contribution in [0.3, 0.4) is 0 Å². The molecule has 0 aliphatic heterocycles. The predicted octanol–water partition coefficient (Wildman–Crippen LogP) is 3.94. The number of carbonyl (C=O) groups is 2. The van der Waals surface area contributed by atoms with Gasteiger partial charge in [0.25, 0.3) is 0 Å². The summed E-state index contributed by atoms with van der Waals surface area (Å²) in [4.78, 5) is 23.9. The van der Waals surface area contributed by atoms with E-state index in [9.17, 15) is 18.4 Å². The van der Waals surface area contributed by atoms with Crippen molar-refractivity contribution in [3.05, 3.63) is 29.3 Å². The second kappa shape index (κ2) is 7.83. The van der Waals surface area contributed by atoms with Gasteiger partial charge in [0.2, 0.25) is 0 Å². The Morgan fingerprint density at radius 1 is 1.26 bits per heavy atom. The SMILES string of the molecule is CSC(=S)Nc1cc(F)c(F)cc1C(=O)CC(=O)OC(C)(C)C. The molecule has 0 saturated carbocycles. The van der Waals surface area contributed by atoms with E-state index < -0.39 is 35.4 Å². The molecule has 0 fully saturated rings. The van der Waals surface area contributed by atoms with Gasteiger partial charge in [-0.15, -0.1) is 11.8 Å². The Kier molecular flexibility index (Phi) is 6.64. The first-order valence-corrected chi connectivity index (χ1v) is 8.26. The first-order chi connectivity index (χ1) is 10.5. The standard InChI is InChI=1S/C15H17F2NO3S2/c1-15(2,3)21-13(20)7-12(19)8-5-9(16)10(17)6-11(8)18-14(22)23-4/h5-6H,7H2,1-4H3,(H,18,22). The van der Waals surface area contributed by atoms with Crippen molar-refractivity contribution in [1.82, 2.24) is 0 Å². The molecular formula is C15H17F2NO3S2. The molecule has 0 spiro atoms. The van der Waals surface area contributed by atoms with Crippen molar-refractivity contribution in [2.75, 3.05) is 11.6 Å². The third kappa shape index (κ3) is 6.23. The summed E-state index contributed by atoms with van der Waals surface area (Å²) in [7, 11) is 0. The van der Waals surface area contributed by atoms with Gasteiger partial charge in [0.05, 0.1) is 5.69 Å². The lowest BCUT2D eigenvalue weighted by Crippen LogP contribution is -2.25. The minimum absolute atomic E-state index is 0.0109. The average molecular weight is 361 g/mol. The fourth-order valence-electron chi connectivity index (χ4n) is 1.65. The number of nitrogens with one attached hydrogen (secondary N) is 1. The van der Waals surface area contributed by atoms with Crippen molar-refractivity contribution in [2.45, 2.75) is 32.8 Å². The van der Waals surface area contributed by atoms with Crippen LogP contribution in [0.2, 0.25) is 0 Å². The summed E-state index contributed by atoms with van der Waals surface area (Å²) >= 11 is 6.12. The Morgan fingerprint density at radius 3 is 2.35 bits per heavy atom. The molecule has 0 bridgehead atoms. The summed E-state index contributed by atoms with van der Waals surface area (Å²) in [5.74, 6) is -3.74. The van der Waals surface area contributed by atoms with Gasteiger partial charge in [-0.1, -0.05) is 12.2 Å². The highest BCUT2D eigenvalue weighted by Crippen LogP contribution is 2.23. The Hall–Kier alpha value is -1.54. The highest BCUT2D eigenvalue weighted by atomic mass is 32.2. The molecular weight excluding hydrogens is 344 g/mol. The highest BCUT2D eigenvalue weighted by Gasteiger charge is 2.23. The van der Waals surface area contributed by atoms with Gasteiger partial charge in [-0.2, -0.15) is 0 Å². The number of anilines is 1. The van der Waals surface area contributed by atoms with E-state index in [1.165, 1.54) is 11.8 Å². The molecule has 4 nitrogen and oxygen atoms in total. The number of thioether (sulfide) groups is 1. The monoisotopic (exact) mass is 361 g/mol. The number of thiocarbonyl (C=S) groups is 1. The predicted molar refractivity (Wildman–Crippen MR) is 90.9 cm³/mol. The second-order valence-corrected chi connectivity index (χ2v) is 7.10. The maximum Gasteiger partial charge on any atom is 0.314 e. The zero-order valence-corrected chi connectivity index (χ0v) is 14.8. The summed E-state index contributed by atoms with van der Waals surface area (Å²) in [6.45, 7) is 4.99. The average Bonchev–Trinajstić information content (AvgIpc) is 2.39. The molecule has 8 heteroatoms. The summed E-state index contributed by atoms with van der Waals surface area (Å²) in [5, 5.41) is 2.65. The summed E-state index contributed by atoms with van der Waals surface area (Å²) < 4.78 is 32.2. The molecule has 23 heavy (non-hydrogen) atoms. The van der Waals surface area contributed by atoms with Gasteiger partial charge in [-0.25, -0.2) is 8.78 Å². The molecule has 0 radical (unpaired) electrons. The lowest BCUT2D eigenvalue weighted by molar-refractivity contribution is -0.153. The van der Waals surface area contributed by atoms with Crippen molar-refractivity contribution in [2.24, 2.45) is 0 Å². The number of carbonyl (C=O) groups excluding carboxylic acids is 2. The van der Waals surface area contributed by atoms with Crippen LogP contribution in [0.5, 0.6) is 0 Å². The lowest BCUT2D eigenvalue weighted by atomic mass is 10.1. The van der Waals surface area contributed by atoms with Crippen LogP contribution in [0.15, 0.2) is 12.1 Å². The van der Waals surface area contributed by atoms with Gasteiger partial charge in [-0.3, -0.25) is 9.59 Å². The van der Waals surface area contributed by atoms with Crippen LogP contribution >= 0.6 is 24.0 Å². The lowest BCUT2D eigenvalue weighted by Gasteiger charge is -2.19. The van der Waals surface area contributed by atoms with Crippen LogP contribution < -0.4 is 5.32 Å².